The van der Waals surface area contributed by atoms with E-state index in [9.17, 15) is 4.79 Å². The third kappa shape index (κ3) is 7.40. The first-order chi connectivity index (χ1) is 6.25. The van der Waals surface area contributed by atoms with Crippen LogP contribution in [0.4, 0.5) is 0 Å². The maximum Gasteiger partial charge on any atom is 0.333 e. The second-order valence-electron chi connectivity index (χ2n) is 4.67. The number of esters is 1. The summed E-state index contributed by atoms with van der Waals surface area (Å²) in [5.41, 5.74) is 0.461. The number of hydrogen-bond acceptors (Lipinski definition) is 2. The molecule has 1 atom stereocenters. The third-order valence-electron chi connectivity index (χ3n) is 2.44. The minimum Gasteiger partial charge on any atom is -1.00 e. The summed E-state index contributed by atoms with van der Waals surface area (Å²) in [4.78, 5) is 11.0. The molecule has 0 bridgehead atoms. The summed E-state index contributed by atoms with van der Waals surface area (Å²) in [5, 5.41) is 0. The van der Waals surface area contributed by atoms with Crippen molar-refractivity contribution in [2.24, 2.45) is 0 Å². The van der Waals surface area contributed by atoms with Crippen LogP contribution in [-0.2, 0) is 9.53 Å². The number of carbonyl (C=O) groups excluding carboxylic acids is 1. The molecule has 0 heterocycles. The van der Waals surface area contributed by atoms with E-state index in [0.29, 0.717) is 18.2 Å². The van der Waals surface area contributed by atoms with Crippen LogP contribution in [0, 0.1) is 0 Å². The zero-order valence-corrected chi connectivity index (χ0v) is 11.1. The van der Waals surface area contributed by atoms with Crippen LogP contribution in [0.3, 0.4) is 0 Å². The van der Waals surface area contributed by atoms with Crippen molar-refractivity contribution < 1.29 is 26.4 Å². The number of quaternary nitrogens is 1. The van der Waals surface area contributed by atoms with Gasteiger partial charge in [0.25, 0.3) is 0 Å². The maximum atomic E-state index is 11.0. The molecule has 0 fully saturated rings. The lowest BCUT2D eigenvalue weighted by molar-refractivity contribution is -0.894. The second-order valence-corrected chi connectivity index (χ2v) is 4.67. The molecule has 0 aliphatic rings. The van der Waals surface area contributed by atoms with Crippen molar-refractivity contribution in [3.05, 3.63) is 12.2 Å². The van der Waals surface area contributed by atoms with Crippen molar-refractivity contribution in [2.75, 3.05) is 27.7 Å². The molecule has 0 aromatic rings. The molecule has 0 rings (SSSR count). The first kappa shape index (κ1) is 16.9. The SMILES string of the molecule is C=C(C)C(=O)OCCC(C)[N+](C)(C)C.[Cl-]. The molecule has 0 radical (unpaired) electrons. The van der Waals surface area contributed by atoms with Crippen molar-refractivity contribution in [1.29, 1.82) is 0 Å². The molecule has 1 unspecified atom stereocenters. The van der Waals surface area contributed by atoms with E-state index in [-0.39, 0.29) is 18.4 Å². The highest BCUT2D eigenvalue weighted by atomic mass is 35.5. The predicted molar refractivity (Wildman–Crippen MR) is 57.9 cm³/mol. The topological polar surface area (TPSA) is 26.3 Å². The van der Waals surface area contributed by atoms with Gasteiger partial charge in [0.2, 0.25) is 0 Å². The highest BCUT2D eigenvalue weighted by Crippen LogP contribution is 2.06. The van der Waals surface area contributed by atoms with Gasteiger partial charge in [0.15, 0.2) is 0 Å². The van der Waals surface area contributed by atoms with Gasteiger partial charge in [-0.3, -0.25) is 0 Å². The van der Waals surface area contributed by atoms with Gasteiger partial charge in [-0.15, -0.1) is 0 Å². The molecule has 90 valence electrons. The van der Waals surface area contributed by atoms with Crippen LogP contribution in [0.15, 0.2) is 12.2 Å². The van der Waals surface area contributed by atoms with E-state index < -0.39 is 0 Å². The van der Waals surface area contributed by atoms with Crippen LogP contribution in [-0.4, -0.2) is 44.2 Å². The quantitative estimate of drug-likeness (QED) is 0.333. The van der Waals surface area contributed by atoms with Gasteiger partial charge in [-0.2, -0.15) is 0 Å². The highest BCUT2D eigenvalue weighted by Gasteiger charge is 2.18. The number of carbonyl (C=O) groups is 1. The predicted octanol–water partition coefficient (Wildman–Crippen LogP) is -1.41. The minimum absolute atomic E-state index is 0. The molecule has 0 aliphatic carbocycles. The Morgan fingerprint density at radius 1 is 1.40 bits per heavy atom. The Morgan fingerprint density at radius 2 is 1.87 bits per heavy atom. The van der Waals surface area contributed by atoms with Crippen molar-refractivity contribution in [3.8, 4) is 0 Å². The summed E-state index contributed by atoms with van der Waals surface area (Å²) in [6.45, 7) is 7.80. The Morgan fingerprint density at radius 3 is 2.20 bits per heavy atom. The molecular weight excluding hydrogens is 214 g/mol. The Balaban J connectivity index is 0. The van der Waals surface area contributed by atoms with Gasteiger partial charge in [-0.05, 0) is 13.8 Å². The zero-order valence-electron chi connectivity index (χ0n) is 10.3. The molecule has 4 heteroatoms. The fraction of sp³-hybridized carbons (Fsp3) is 0.727. The smallest absolute Gasteiger partial charge is 0.333 e. The molecule has 0 aliphatic heterocycles. The Labute approximate surface area is 99.1 Å². The summed E-state index contributed by atoms with van der Waals surface area (Å²) in [6, 6.07) is 0.480. The van der Waals surface area contributed by atoms with Crippen LogP contribution < -0.4 is 12.4 Å². The van der Waals surface area contributed by atoms with Gasteiger partial charge >= 0.3 is 5.97 Å². The van der Waals surface area contributed by atoms with Gasteiger partial charge in [0.1, 0.15) is 0 Å². The fourth-order valence-electron chi connectivity index (χ4n) is 0.833. The first-order valence-corrected chi connectivity index (χ1v) is 4.89. The van der Waals surface area contributed by atoms with Crippen LogP contribution in [0.25, 0.3) is 0 Å². The fourth-order valence-corrected chi connectivity index (χ4v) is 0.833. The van der Waals surface area contributed by atoms with E-state index in [4.69, 9.17) is 4.74 Å². The highest BCUT2D eigenvalue weighted by molar-refractivity contribution is 5.86. The summed E-state index contributed by atoms with van der Waals surface area (Å²) < 4.78 is 5.90. The number of rotatable bonds is 5. The second kappa shape index (κ2) is 6.85. The van der Waals surface area contributed by atoms with E-state index in [1.165, 1.54) is 0 Å². The van der Waals surface area contributed by atoms with Crippen LogP contribution >= 0.6 is 0 Å². The summed E-state index contributed by atoms with van der Waals surface area (Å²) >= 11 is 0. The zero-order chi connectivity index (χ0) is 11.4. The molecule has 3 nitrogen and oxygen atoms in total. The van der Waals surface area contributed by atoms with E-state index in [1.807, 2.05) is 0 Å². The standard InChI is InChI=1S/C11H22NO2.ClH/c1-9(2)11(13)14-8-7-10(3)12(4,5)6;/h10H,1,7-8H2,2-6H3;1H/q+1;/p-1. The van der Waals surface area contributed by atoms with E-state index >= 15 is 0 Å². The Bertz CT molecular complexity index is 221. The average Bonchev–Trinajstić information content (AvgIpc) is 2.01. The number of ether oxygens (including phenoxy) is 1. The monoisotopic (exact) mass is 235 g/mol. The first-order valence-electron chi connectivity index (χ1n) is 4.89. The molecular formula is C11H22ClNO2. The van der Waals surface area contributed by atoms with Crippen molar-refractivity contribution in [1.82, 2.24) is 0 Å². The lowest BCUT2D eigenvalue weighted by Crippen LogP contribution is -3.00. The molecule has 0 saturated heterocycles. The molecule has 0 saturated carbocycles. The number of nitrogens with zero attached hydrogens (tertiary/aromatic N) is 1. The molecule has 0 aromatic heterocycles. The lowest BCUT2D eigenvalue weighted by atomic mass is 10.2. The van der Waals surface area contributed by atoms with Crippen molar-refractivity contribution in [2.45, 2.75) is 26.3 Å². The summed E-state index contributed by atoms with van der Waals surface area (Å²) in [6.07, 6.45) is 0.878. The van der Waals surface area contributed by atoms with E-state index in [2.05, 4.69) is 34.6 Å². The molecule has 0 aromatic carbocycles. The largest absolute Gasteiger partial charge is 1.00 e. The molecule has 0 amide bonds. The third-order valence-corrected chi connectivity index (χ3v) is 2.44. The van der Waals surface area contributed by atoms with Gasteiger partial charge < -0.3 is 21.6 Å². The van der Waals surface area contributed by atoms with Gasteiger partial charge in [0.05, 0.1) is 33.8 Å². The van der Waals surface area contributed by atoms with Crippen molar-refractivity contribution >= 4 is 5.97 Å². The average molecular weight is 236 g/mol. The Kier molecular flexibility index (Phi) is 7.71. The van der Waals surface area contributed by atoms with Gasteiger partial charge in [0, 0.05) is 12.0 Å². The van der Waals surface area contributed by atoms with Gasteiger partial charge in [-0.1, -0.05) is 6.58 Å². The molecule has 15 heavy (non-hydrogen) atoms. The van der Waals surface area contributed by atoms with Crippen LogP contribution in [0.2, 0.25) is 0 Å². The lowest BCUT2D eigenvalue weighted by Gasteiger charge is -2.31. The molecule has 0 N–H and O–H groups in total. The number of halogens is 1. The van der Waals surface area contributed by atoms with E-state index in [1.54, 1.807) is 6.92 Å². The summed E-state index contributed by atoms with van der Waals surface area (Å²) in [5.74, 6) is -0.293. The van der Waals surface area contributed by atoms with Crippen LogP contribution in [0.1, 0.15) is 20.3 Å². The minimum atomic E-state index is -0.293. The summed E-state index contributed by atoms with van der Waals surface area (Å²) in [7, 11) is 6.39. The van der Waals surface area contributed by atoms with Crippen molar-refractivity contribution in [3.63, 3.8) is 0 Å². The van der Waals surface area contributed by atoms with Crippen LogP contribution in [0.5, 0.6) is 0 Å². The van der Waals surface area contributed by atoms with E-state index in [0.717, 1.165) is 10.9 Å². The Hall–Kier alpha value is -0.540. The van der Waals surface area contributed by atoms with Gasteiger partial charge in [-0.25, -0.2) is 4.79 Å². The number of hydrogen-bond donors (Lipinski definition) is 0. The normalized spacial score (nSPS) is 12.6. The molecule has 0 spiro atoms. The maximum absolute atomic E-state index is 11.0.